The number of esters is 1. The number of unbranched alkanes of at least 4 members (excludes halogenated alkanes) is 10. The third kappa shape index (κ3) is 11.6. The fourth-order valence-corrected chi connectivity index (χ4v) is 4.46. The van der Waals surface area contributed by atoms with Gasteiger partial charge in [-0.15, -0.1) is 0 Å². The molecule has 0 atom stereocenters. The molecule has 0 unspecified atom stereocenters. The second-order valence-corrected chi connectivity index (χ2v) is 10.2. The molecule has 0 amide bonds. The van der Waals surface area contributed by atoms with Gasteiger partial charge in [0.25, 0.3) is 0 Å². The molecule has 0 heterocycles. The smallest absolute Gasteiger partial charge is 0.343 e. The molecule has 0 aliphatic heterocycles. The van der Waals surface area contributed by atoms with E-state index in [4.69, 9.17) is 14.2 Å². The Morgan fingerprint density at radius 3 is 1.36 bits per heavy atom. The second-order valence-electron chi connectivity index (χ2n) is 10.2. The van der Waals surface area contributed by atoms with Crippen molar-refractivity contribution >= 4 is 5.97 Å². The van der Waals surface area contributed by atoms with Gasteiger partial charge in [0.1, 0.15) is 17.2 Å². The van der Waals surface area contributed by atoms with Crippen LogP contribution in [0.15, 0.2) is 72.8 Å². The average molecular weight is 531 g/mol. The normalized spacial score (nSPS) is 10.8. The lowest BCUT2D eigenvalue weighted by Gasteiger charge is -2.09. The van der Waals surface area contributed by atoms with Crippen molar-refractivity contribution in [3.63, 3.8) is 0 Å². The van der Waals surface area contributed by atoms with Crippen LogP contribution in [0.2, 0.25) is 0 Å². The SMILES string of the molecule is CCCCCCCCCCOc1ccc(C(=O)Oc2ccc(-c3ccc(OCCCCCC)cc3)cc2)cc1. The third-order valence-electron chi connectivity index (χ3n) is 6.88. The molecule has 0 spiro atoms. The van der Waals surface area contributed by atoms with Crippen molar-refractivity contribution in [2.24, 2.45) is 0 Å². The maximum absolute atomic E-state index is 12.6. The molecule has 0 aliphatic carbocycles. The molecule has 0 saturated heterocycles. The van der Waals surface area contributed by atoms with Crippen molar-refractivity contribution in [2.45, 2.75) is 90.9 Å². The quantitative estimate of drug-likeness (QED) is 0.0878. The van der Waals surface area contributed by atoms with Gasteiger partial charge in [-0.2, -0.15) is 0 Å². The summed E-state index contributed by atoms with van der Waals surface area (Å²) in [6.07, 6.45) is 15.0. The highest BCUT2D eigenvalue weighted by atomic mass is 16.5. The van der Waals surface area contributed by atoms with E-state index in [9.17, 15) is 4.79 Å². The number of carbonyl (C=O) groups is 1. The van der Waals surface area contributed by atoms with Gasteiger partial charge in [0.2, 0.25) is 0 Å². The fourth-order valence-electron chi connectivity index (χ4n) is 4.46. The molecule has 0 aromatic heterocycles. The van der Waals surface area contributed by atoms with Crippen molar-refractivity contribution in [2.75, 3.05) is 13.2 Å². The Morgan fingerprint density at radius 2 is 0.872 bits per heavy atom. The van der Waals surface area contributed by atoms with E-state index in [0.717, 1.165) is 42.1 Å². The minimum Gasteiger partial charge on any atom is -0.494 e. The van der Waals surface area contributed by atoms with E-state index in [1.54, 1.807) is 12.1 Å². The predicted octanol–water partition coefficient (Wildman–Crippen LogP) is 10.1. The van der Waals surface area contributed by atoms with Gasteiger partial charge in [0, 0.05) is 0 Å². The molecule has 0 saturated carbocycles. The van der Waals surface area contributed by atoms with Gasteiger partial charge in [-0.1, -0.05) is 102 Å². The zero-order valence-corrected chi connectivity index (χ0v) is 24.0. The summed E-state index contributed by atoms with van der Waals surface area (Å²) in [4.78, 5) is 12.6. The van der Waals surface area contributed by atoms with Crippen LogP contribution < -0.4 is 14.2 Å². The van der Waals surface area contributed by atoms with Crippen LogP contribution in [0.5, 0.6) is 17.2 Å². The maximum atomic E-state index is 12.6. The molecule has 39 heavy (non-hydrogen) atoms. The molecule has 0 fully saturated rings. The number of rotatable bonds is 19. The van der Waals surface area contributed by atoms with Gasteiger partial charge < -0.3 is 14.2 Å². The van der Waals surface area contributed by atoms with Crippen LogP contribution in [-0.2, 0) is 0 Å². The number of benzene rings is 3. The first-order valence-corrected chi connectivity index (χ1v) is 15.0. The van der Waals surface area contributed by atoms with E-state index in [0.29, 0.717) is 17.9 Å². The minimum absolute atomic E-state index is 0.377. The van der Waals surface area contributed by atoms with Gasteiger partial charge in [-0.3, -0.25) is 0 Å². The van der Waals surface area contributed by atoms with Crippen molar-refractivity contribution in [1.82, 2.24) is 0 Å². The Bertz CT molecular complexity index is 1060. The minimum atomic E-state index is -0.377. The van der Waals surface area contributed by atoms with Crippen molar-refractivity contribution < 1.29 is 19.0 Å². The fraction of sp³-hybridized carbons (Fsp3) is 0.457. The van der Waals surface area contributed by atoms with E-state index in [1.807, 2.05) is 48.5 Å². The lowest BCUT2D eigenvalue weighted by atomic mass is 10.1. The van der Waals surface area contributed by atoms with Crippen LogP contribution in [0.25, 0.3) is 11.1 Å². The molecule has 210 valence electrons. The Balaban J connectivity index is 1.38. The predicted molar refractivity (Wildman–Crippen MR) is 161 cm³/mol. The lowest BCUT2D eigenvalue weighted by Crippen LogP contribution is -2.08. The van der Waals surface area contributed by atoms with Gasteiger partial charge in [-0.25, -0.2) is 4.79 Å². The molecule has 0 radical (unpaired) electrons. The average Bonchev–Trinajstić information content (AvgIpc) is 2.97. The second kappa shape index (κ2) is 18.1. The van der Waals surface area contributed by atoms with E-state index in [-0.39, 0.29) is 5.97 Å². The summed E-state index contributed by atoms with van der Waals surface area (Å²) in [5.41, 5.74) is 2.65. The van der Waals surface area contributed by atoms with Gasteiger partial charge in [0.05, 0.1) is 18.8 Å². The molecule has 0 aliphatic rings. The van der Waals surface area contributed by atoms with Crippen LogP contribution >= 0.6 is 0 Å². The number of hydrogen-bond donors (Lipinski definition) is 0. The van der Waals surface area contributed by atoms with E-state index >= 15 is 0 Å². The zero-order valence-electron chi connectivity index (χ0n) is 24.0. The van der Waals surface area contributed by atoms with Crippen molar-refractivity contribution in [3.8, 4) is 28.4 Å². The summed E-state index contributed by atoms with van der Waals surface area (Å²) in [6, 6.07) is 22.9. The summed E-state index contributed by atoms with van der Waals surface area (Å²) in [5.74, 6) is 1.82. The first-order valence-electron chi connectivity index (χ1n) is 15.0. The van der Waals surface area contributed by atoms with Crippen LogP contribution in [0.3, 0.4) is 0 Å². The van der Waals surface area contributed by atoms with E-state index in [1.165, 1.54) is 64.2 Å². The highest BCUT2D eigenvalue weighted by molar-refractivity contribution is 5.91. The zero-order chi connectivity index (χ0) is 27.5. The molecule has 4 heteroatoms. The summed E-state index contributed by atoms with van der Waals surface area (Å²) < 4.78 is 17.3. The molecule has 0 N–H and O–H groups in total. The summed E-state index contributed by atoms with van der Waals surface area (Å²) in [7, 11) is 0. The highest BCUT2D eigenvalue weighted by Crippen LogP contribution is 2.25. The summed E-state index contributed by atoms with van der Waals surface area (Å²) in [5, 5.41) is 0. The molecular weight excluding hydrogens is 484 g/mol. The summed E-state index contributed by atoms with van der Waals surface area (Å²) in [6.45, 7) is 5.93. The van der Waals surface area contributed by atoms with Crippen LogP contribution in [0.1, 0.15) is 101 Å². The van der Waals surface area contributed by atoms with E-state index in [2.05, 4.69) is 26.0 Å². The molecule has 3 rings (SSSR count). The molecule has 3 aromatic rings. The van der Waals surface area contributed by atoms with Crippen LogP contribution in [-0.4, -0.2) is 19.2 Å². The van der Waals surface area contributed by atoms with Crippen LogP contribution in [0, 0.1) is 0 Å². The maximum Gasteiger partial charge on any atom is 0.343 e. The largest absolute Gasteiger partial charge is 0.494 e. The van der Waals surface area contributed by atoms with Gasteiger partial charge in [-0.05, 0) is 72.5 Å². The first-order chi connectivity index (χ1) is 19.2. The van der Waals surface area contributed by atoms with E-state index < -0.39 is 0 Å². The number of carbonyl (C=O) groups excluding carboxylic acids is 1. The van der Waals surface area contributed by atoms with Gasteiger partial charge >= 0.3 is 5.97 Å². The van der Waals surface area contributed by atoms with Crippen molar-refractivity contribution in [1.29, 1.82) is 0 Å². The summed E-state index contributed by atoms with van der Waals surface area (Å²) >= 11 is 0. The molecule has 0 bridgehead atoms. The Morgan fingerprint density at radius 1 is 0.487 bits per heavy atom. The Labute approximate surface area is 235 Å². The first kappa shape index (κ1) is 30.3. The third-order valence-corrected chi connectivity index (χ3v) is 6.88. The molecular formula is C35H46O4. The topological polar surface area (TPSA) is 44.8 Å². The number of hydrogen-bond acceptors (Lipinski definition) is 4. The number of ether oxygens (including phenoxy) is 3. The van der Waals surface area contributed by atoms with Crippen LogP contribution in [0.4, 0.5) is 0 Å². The monoisotopic (exact) mass is 530 g/mol. The van der Waals surface area contributed by atoms with Crippen molar-refractivity contribution in [3.05, 3.63) is 78.4 Å². The Hall–Kier alpha value is -3.27. The standard InChI is InChI=1S/C35H46O4/c1-3-5-7-9-10-11-12-14-28-38-33-23-19-31(20-24-33)35(36)39-34-25-17-30(18-26-34)29-15-21-32(22-16-29)37-27-13-8-6-4-2/h15-26H,3-14,27-28H2,1-2H3. The van der Waals surface area contributed by atoms with Gasteiger partial charge in [0.15, 0.2) is 0 Å². The molecule has 3 aromatic carbocycles. The lowest BCUT2D eigenvalue weighted by molar-refractivity contribution is 0.0734. The Kier molecular flexibility index (Phi) is 14.0. The molecule has 4 nitrogen and oxygen atoms in total. The highest BCUT2D eigenvalue weighted by Gasteiger charge is 2.09.